The lowest BCUT2D eigenvalue weighted by atomic mass is 10.0. The molecule has 0 aliphatic carbocycles. The first-order valence-corrected chi connectivity index (χ1v) is 13.3. The van der Waals surface area contributed by atoms with Gasteiger partial charge in [-0.25, -0.2) is 9.97 Å². The van der Waals surface area contributed by atoms with E-state index in [1.807, 2.05) is 58.0 Å². The van der Waals surface area contributed by atoms with Crippen LogP contribution in [-0.4, -0.2) is 51.0 Å². The average Bonchev–Trinajstić information content (AvgIpc) is 3.49. The van der Waals surface area contributed by atoms with Crippen LogP contribution in [0.25, 0.3) is 22.0 Å². The first-order valence-electron chi connectivity index (χ1n) is 13.3. The molecule has 1 unspecified atom stereocenters. The van der Waals surface area contributed by atoms with Crippen LogP contribution in [0, 0.1) is 27.7 Å². The molecule has 0 bridgehead atoms. The average molecular weight is 538 g/mol. The Bertz CT molecular complexity index is 1650. The summed E-state index contributed by atoms with van der Waals surface area (Å²) in [5.41, 5.74) is 7.24. The van der Waals surface area contributed by atoms with Crippen molar-refractivity contribution < 1.29 is 14.1 Å². The minimum Gasteiger partial charge on any atom is -0.377 e. The van der Waals surface area contributed by atoms with Crippen LogP contribution in [0.5, 0.6) is 0 Å². The molecule has 1 fully saturated rings. The Hall–Kier alpha value is -4.57. The number of morpholine rings is 1. The molecule has 1 saturated heterocycles. The van der Waals surface area contributed by atoms with Gasteiger partial charge in [-0.05, 0) is 51.0 Å². The van der Waals surface area contributed by atoms with Crippen molar-refractivity contribution in [2.24, 2.45) is 0 Å². The summed E-state index contributed by atoms with van der Waals surface area (Å²) in [4.78, 5) is 25.2. The van der Waals surface area contributed by atoms with Gasteiger partial charge in [0.15, 0.2) is 0 Å². The zero-order valence-corrected chi connectivity index (χ0v) is 23.0. The number of anilines is 1. The van der Waals surface area contributed by atoms with Gasteiger partial charge < -0.3 is 19.5 Å². The highest BCUT2D eigenvalue weighted by molar-refractivity contribution is 5.98. The van der Waals surface area contributed by atoms with E-state index in [9.17, 15) is 4.79 Å². The van der Waals surface area contributed by atoms with E-state index in [0.717, 1.165) is 50.5 Å². The first-order chi connectivity index (χ1) is 19.4. The van der Waals surface area contributed by atoms with Crippen LogP contribution < -0.4 is 10.2 Å². The fourth-order valence-corrected chi connectivity index (χ4v) is 5.37. The van der Waals surface area contributed by atoms with Gasteiger partial charge in [-0.2, -0.15) is 5.10 Å². The molecule has 1 aliphatic rings. The Morgan fingerprint density at radius 2 is 1.90 bits per heavy atom. The normalized spacial score (nSPS) is 15.5. The third kappa shape index (κ3) is 4.71. The summed E-state index contributed by atoms with van der Waals surface area (Å²) >= 11 is 0. The molecule has 0 saturated carbocycles. The lowest BCUT2D eigenvalue weighted by Gasteiger charge is -2.37. The van der Waals surface area contributed by atoms with E-state index in [1.54, 1.807) is 0 Å². The zero-order chi connectivity index (χ0) is 27.8. The summed E-state index contributed by atoms with van der Waals surface area (Å²) in [6.07, 6.45) is 0. The molecular weight excluding hydrogens is 506 g/mol. The van der Waals surface area contributed by atoms with Gasteiger partial charge in [-0.1, -0.05) is 41.6 Å². The minimum absolute atomic E-state index is 0.0667. The predicted molar refractivity (Wildman–Crippen MR) is 151 cm³/mol. The molecule has 4 heterocycles. The maximum atomic E-state index is 13.4. The SMILES string of the molecule is Cc1n[nH]c(C)c1CNC(=O)c1nc(N2CCOCC2c2ccccc2)c2cc(-c3c(C)noc3C)ccc2n1. The van der Waals surface area contributed by atoms with Crippen molar-refractivity contribution in [3.63, 3.8) is 0 Å². The van der Waals surface area contributed by atoms with E-state index in [1.165, 1.54) is 0 Å². The second kappa shape index (κ2) is 10.5. The quantitative estimate of drug-likeness (QED) is 0.318. The Balaban J connectivity index is 1.46. The van der Waals surface area contributed by atoms with E-state index >= 15 is 0 Å². The van der Waals surface area contributed by atoms with E-state index in [0.29, 0.717) is 37.6 Å². The Labute approximate surface area is 231 Å². The number of benzene rings is 2. The molecular formula is C30H31N7O3. The van der Waals surface area contributed by atoms with Crippen LogP contribution in [-0.2, 0) is 11.3 Å². The number of carbonyl (C=O) groups excluding carboxylic acids is 1. The number of carbonyl (C=O) groups is 1. The maximum absolute atomic E-state index is 13.4. The Kier molecular flexibility index (Phi) is 6.77. The van der Waals surface area contributed by atoms with Crippen LogP contribution in [0.3, 0.4) is 0 Å². The molecule has 0 radical (unpaired) electrons. The highest BCUT2D eigenvalue weighted by Gasteiger charge is 2.29. The number of rotatable bonds is 6. The number of amides is 1. The van der Waals surface area contributed by atoms with Crippen LogP contribution >= 0.6 is 0 Å². The first kappa shape index (κ1) is 25.7. The predicted octanol–water partition coefficient (Wildman–Crippen LogP) is 4.75. The molecule has 2 aromatic carbocycles. The van der Waals surface area contributed by atoms with Gasteiger partial charge in [0.2, 0.25) is 5.82 Å². The second-order valence-electron chi connectivity index (χ2n) is 10.1. The Morgan fingerprint density at radius 3 is 2.62 bits per heavy atom. The standard InChI is InChI=1S/C30H31N7O3/c1-17-24(18(2)35-34-17)15-31-30(38)28-32-25-11-10-22(27-19(3)36-40-20(27)4)14-23(25)29(33-28)37-12-13-39-16-26(37)21-8-6-5-7-9-21/h5-11,14,26H,12-13,15-16H2,1-4H3,(H,31,38)(H,34,35). The molecule has 1 atom stereocenters. The van der Waals surface area contributed by atoms with Crippen molar-refractivity contribution in [3.8, 4) is 11.1 Å². The third-order valence-corrected chi connectivity index (χ3v) is 7.49. The highest BCUT2D eigenvalue weighted by atomic mass is 16.5. The van der Waals surface area contributed by atoms with Crippen LogP contribution in [0.15, 0.2) is 53.1 Å². The lowest BCUT2D eigenvalue weighted by Crippen LogP contribution is -2.40. The van der Waals surface area contributed by atoms with Gasteiger partial charge in [0.25, 0.3) is 5.91 Å². The summed E-state index contributed by atoms with van der Waals surface area (Å²) in [7, 11) is 0. The van der Waals surface area contributed by atoms with Gasteiger partial charge in [0.05, 0.1) is 36.2 Å². The number of hydrogen-bond donors (Lipinski definition) is 2. The van der Waals surface area contributed by atoms with Gasteiger partial charge in [-0.15, -0.1) is 0 Å². The molecule has 1 amide bonds. The van der Waals surface area contributed by atoms with Crippen LogP contribution in [0.2, 0.25) is 0 Å². The van der Waals surface area contributed by atoms with E-state index < -0.39 is 0 Å². The van der Waals surface area contributed by atoms with Crippen molar-refractivity contribution in [2.75, 3.05) is 24.7 Å². The number of hydrogen-bond acceptors (Lipinski definition) is 8. The number of nitrogens with zero attached hydrogens (tertiary/aromatic N) is 5. The van der Waals surface area contributed by atoms with Crippen LogP contribution in [0.1, 0.15) is 50.6 Å². The number of aromatic amines is 1. The minimum atomic E-state index is -0.345. The smallest absolute Gasteiger partial charge is 0.289 e. The molecule has 10 nitrogen and oxygen atoms in total. The molecule has 5 aromatic rings. The monoisotopic (exact) mass is 537 g/mol. The summed E-state index contributed by atoms with van der Waals surface area (Å²) in [6.45, 7) is 9.70. The lowest BCUT2D eigenvalue weighted by molar-refractivity contribution is 0.0930. The third-order valence-electron chi connectivity index (χ3n) is 7.49. The molecule has 40 heavy (non-hydrogen) atoms. The summed E-state index contributed by atoms with van der Waals surface area (Å²) < 4.78 is 11.3. The molecule has 204 valence electrons. The largest absolute Gasteiger partial charge is 0.377 e. The van der Waals surface area contributed by atoms with E-state index in [-0.39, 0.29) is 17.8 Å². The maximum Gasteiger partial charge on any atom is 0.289 e. The number of H-pyrrole nitrogens is 1. The molecule has 1 aliphatic heterocycles. The number of fused-ring (bicyclic) bond motifs is 1. The fourth-order valence-electron chi connectivity index (χ4n) is 5.37. The number of ether oxygens (including phenoxy) is 1. The van der Waals surface area contributed by atoms with Crippen molar-refractivity contribution in [3.05, 3.63) is 88.3 Å². The van der Waals surface area contributed by atoms with E-state index in [4.69, 9.17) is 19.2 Å². The molecule has 2 N–H and O–H groups in total. The van der Waals surface area contributed by atoms with Crippen LogP contribution in [0.4, 0.5) is 5.82 Å². The number of nitrogens with one attached hydrogen (secondary N) is 2. The van der Waals surface area contributed by atoms with E-state index in [2.05, 4.69) is 43.8 Å². The second-order valence-corrected chi connectivity index (χ2v) is 10.1. The molecule has 10 heteroatoms. The van der Waals surface area contributed by atoms with Crippen molar-refractivity contribution in [1.82, 2.24) is 30.6 Å². The summed E-state index contributed by atoms with van der Waals surface area (Å²) in [5, 5.41) is 15.1. The van der Waals surface area contributed by atoms with Gasteiger partial charge in [0.1, 0.15) is 11.6 Å². The number of aromatic nitrogens is 5. The summed E-state index contributed by atoms with van der Waals surface area (Å²) in [5.74, 6) is 1.21. The molecule has 0 spiro atoms. The molecule has 3 aromatic heterocycles. The van der Waals surface area contributed by atoms with Crippen molar-refractivity contribution >= 4 is 22.6 Å². The Morgan fingerprint density at radius 1 is 1.07 bits per heavy atom. The number of aryl methyl sites for hydroxylation is 4. The van der Waals surface area contributed by atoms with Crippen molar-refractivity contribution in [2.45, 2.75) is 40.3 Å². The van der Waals surface area contributed by atoms with Gasteiger partial charge in [-0.3, -0.25) is 9.89 Å². The zero-order valence-electron chi connectivity index (χ0n) is 23.0. The van der Waals surface area contributed by atoms with Gasteiger partial charge in [0, 0.05) is 35.3 Å². The topological polar surface area (TPSA) is 122 Å². The fraction of sp³-hybridized carbons (Fsp3) is 0.300. The summed E-state index contributed by atoms with van der Waals surface area (Å²) in [6, 6.07) is 16.1. The molecule has 6 rings (SSSR count). The highest BCUT2D eigenvalue weighted by Crippen LogP contribution is 2.36. The van der Waals surface area contributed by atoms with Crippen molar-refractivity contribution in [1.29, 1.82) is 0 Å². The van der Waals surface area contributed by atoms with Gasteiger partial charge >= 0.3 is 0 Å².